The van der Waals surface area contributed by atoms with E-state index in [4.69, 9.17) is 0 Å². The lowest BCUT2D eigenvalue weighted by atomic mass is 9.78. The molecule has 3 rings (SSSR count). The number of benzene rings is 2. The van der Waals surface area contributed by atoms with Crippen LogP contribution in [0.4, 0.5) is 8.78 Å². The molecule has 1 fully saturated rings. The van der Waals surface area contributed by atoms with Crippen LogP contribution in [0.15, 0.2) is 48.5 Å². The molecule has 2 aromatic rings. The zero-order chi connectivity index (χ0) is 18.4. The van der Waals surface area contributed by atoms with Gasteiger partial charge in [0.2, 0.25) is 0 Å². The third-order valence-electron chi connectivity index (χ3n) is 5.75. The van der Waals surface area contributed by atoms with Crippen molar-refractivity contribution in [3.05, 3.63) is 54.1 Å². The van der Waals surface area contributed by atoms with Crippen molar-refractivity contribution in [2.24, 2.45) is 11.8 Å². The number of rotatable bonds is 7. The molecule has 26 heavy (non-hydrogen) atoms. The fourth-order valence-electron chi connectivity index (χ4n) is 3.99. The largest absolute Gasteiger partial charge is 0.435 e. The summed E-state index contributed by atoms with van der Waals surface area (Å²) in [6, 6.07) is 15.4. The predicted molar refractivity (Wildman–Crippen MR) is 103 cm³/mol. The van der Waals surface area contributed by atoms with Gasteiger partial charge in [-0.05, 0) is 53.5 Å². The lowest BCUT2D eigenvalue weighted by molar-refractivity contribution is -0.0498. The molecule has 0 heterocycles. The second kappa shape index (κ2) is 9.16. The van der Waals surface area contributed by atoms with Crippen molar-refractivity contribution in [1.29, 1.82) is 0 Å². The molecule has 1 nitrogen and oxygen atoms in total. The second-order valence-electron chi connectivity index (χ2n) is 7.43. The minimum Gasteiger partial charge on any atom is -0.435 e. The molecule has 2 aromatic carbocycles. The molecule has 0 saturated heterocycles. The van der Waals surface area contributed by atoms with Gasteiger partial charge < -0.3 is 4.74 Å². The van der Waals surface area contributed by atoms with Gasteiger partial charge in [0.05, 0.1) is 0 Å². The van der Waals surface area contributed by atoms with Gasteiger partial charge >= 0.3 is 6.61 Å². The van der Waals surface area contributed by atoms with E-state index in [1.165, 1.54) is 44.1 Å². The first-order valence-corrected chi connectivity index (χ1v) is 9.78. The van der Waals surface area contributed by atoms with E-state index >= 15 is 0 Å². The Bertz CT molecular complexity index is 656. The van der Waals surface area contributed by atoms with Gasteiger partial charge in [-0.3, -0.25) is 0 Å². The molecule has 0 radical (unpaired) electrons. The van der Waals surface area contributed by atoms with Crippen LogP contribution in [0.5, 0.6) is 5.75 Å². The quantitative estimate of drug-likeness (QED) is 0.513. The van der Waals surface area contributed by atoms with E-state index in [9.17, 15) is 8.78 Å². The third kappa shape index (κ3) is 5.30. The summed E-state index contributed by atoms with van der Waals surface area (Å²) < 4.78 is 28.8. The molecule has 0 N–H and O–H groups in total. The van der Waals surface area contributed by atoms with Crippen LogP contribution in [0, 0.1) is 11.8 Å². The van der Waals surface area contributed by atoms with E-state index in [-0.39, 0.29) is 5.75 Å². The Morgan fingerprint density at radius 1 is 0.846 bits per heavy atom. The number of alkyl halides is 2. The summed E-state index contributed by atoms with van der Waals surface area (Å²) in [6.07, 6.45) is 9.37. The Morgan fingerprint density at radius 2 is 1.38 bits per heavy atom. The topological polar surface area (TPSA) is 9.23 Å². The van der Waals surface area contributed by atoms with Crippen LogP contribution in [-0.2, 0) is 6.42 Å². The Hall–Kier alpha value is -1.90. The van der Waals surface area contributed by atoms with Crippen LogP contribution in [-0.4, -0.2) is 6.61 Å². The highest BCUT2D eigenvalue weighted by atomic mass is 19.3. The van der Waals surface area contributed by atoms with Crippen molar-refractivity contribution >= 4 is 0 Å². The number of halogens is 2. The summed E-state index contributed by atoms with van der Waals surface area (Å²) in [5.41, 5.74) is 3.49. The van der Waals surface area contributed by atoms with E-state index in [0.29, 0.717) is 0 Å². The van der Waals surface area contributed by atoms with Gasteiger partial charge in [-0.2, -0.15) is 8.78 Å². The van der Waals surface area contributed by atoms with Crippen LogP contribution >= 0.6 is 0 Å². The zero-order valence-electron chi connectivity index (χ0n) is 15.5. The average Bonchev–Trinajstić information content (AvgIpc) is 2.67. The predicted octanol–water partition coefficient (Wildman–Crippen LogP) is 7.10. The first-order chi connectivity index (χ1) is 12.6. The van der Waals surface area contributed by atoms with Crippen molar-refractivity contribution in [2.75, 3.05) is 0 Å². The fourth-order valence-corrected chi connectivity index (χ4v) is 3.99. The van der Waals surface area contributed by atoms with Crippen LogP contribution in [0.3, 0.4) is 0 Å². The van der Waals surface area contributed by atoms with Gasteiger partial charge in [0.25, 0.3) is 0 Å². The molecule has 1 aliphatic rings. The number of aryl methyl sites for hydroxylation is 1. The molecule has 0 atom stereocenters. The van der Waals surface area contributed by atoms with Crippen LogP contribution in [0.25, 0.3) is 11.1 Å². The SMILES string of the molecule is CC[C@H]1CC[C@H](CCc2ccc(-c3ccc(OC(F)F)cc3)cc2)CC1. The molecule has 0 spiro atoms. The van der Waals surface area contributed by atoms with E-state index in [2.05, 4.69) is 35.9 Å². The highest BCUT2D eigenvalue weighted by Gasteiger charge is 2.19. The summed E-state index contributed by atoms with van der Waals surface area (Å²) in [5.74, 6) is 2.04. The van der Waals surface area contributed by atoms with Crippen molar-refractivity contribution in [3.63, 3.8) is 0 Å². The van der Waals surface area contributed by atoms with E-state index in [1.54, 1.807) is 12.1 Å². The smallest absolute Gasteiger partial charge is 0.387 e. The maximum atomic E-state index is 12.2. The highest BCUT2D eigenvalue weighted by molar-refractivity contribution is 5.64. The van der Waals surface area contributed by atoms with Gasteiger partial charge in [-0.1, -0.05) is 75.4 Å². The summed E-state index contributed by atoms with van der Waals surface area (Å²) >= 11 is 0. The molecule has 0 aromatic heterocycles. The first kappa shape index (κ1) is 18.9. The molecule has 0 aliphatic heterocycles. The fraction of sp³-hybridized carbons (Fsp3) is 0.478. The molecule has 0 bridgehead atoms. The zero-order valence-corrected chi connectivity index (χ0v) is 15.5. The summed E-state index contributed by atoms with van der Waals surface area (Å²) in [7, 11) is 0. The molecule has 1 aliphatic carbocycles. The maximum absolute atomic E-state index is 12.2. The highest BCUT2D eigenvalue weighted by Crippen LogP contribution is 2.33. The van der Waals surface area contributed by atoms with Crippen molar-refractivity contribution in [1.82, 2.24) is 0 Å². The third-order valence-corrected chi connectivity index (χ3v) is 5.75. The second-order valence-corrected chi connectivity index (χ2v) is 7.43. The van der Waals surface area contributed by atoms with Crippen LogP contribution in [0.2, 0.25) is 0 Å². The number of ether oxygens (including phenoxy) is 1. The Kier molecular flexibility index (Phi) is 6.65. The van der Waals surface area contributed by atoms with E-state index in [1.807, 2.05) is 12.1 Å². The van der Waals surface area contributed by atoms with Crippen molar-refractivity contribution in [2.45, 2.75) is 58.5 Å². The summed E-state index contributed by atoms with van der Waals surface area (Å²) in [5, 5.41) is 0. The van der Waals surface area contributed by atoms with Gasteiger partial charge in [0.1, 0.15) is 5.75 Å². The molecular weight excluding hydrogens is 330 g/mol. The summed E-state index contributed by atoms with van der Waals surface area (Å²) in [6.45, 7) is -0.469. The molecule has 0 unspecified atom stereocenters. The minimum atomic E-state index is -2.78. The molecular formula is C23H28F2O. The first-order valence-electron chi connectivity index (χ1n) is 9.78. The normalized spacial score (nSPS) is 20.3. The Morgan fingerprint density at radius 3 is 1.92 bits per heavy atom. The lowest BCUT2D eigenvalue weighted by Crippen LogP contribution is -2.14. The summed E-state index contributed by atoms with van der Waals surface area (Å²) in [4.78, 5) is 0. The van der Waals surface area contributed by atoms with E-state index in [0.717, 1.165) is 29.4 Å². The molecule has 3 heteroatoms. The van der Waals surface area contributed by atoms with Crippen molar-refractivity contribution < 1.29 is 13.5 Å². The van der Waals surface area contributed by atoms with E-state index < -0.39 is 6.61 Å². The van der Waals surface area contributed by atoms with Gasteiger partial charge in [-0.25, -0.2) is 0 Å². The lowest BCUT2D eigenvalue weighted by Gasteiger charge is -2.27. The van der Waals surface area contributed by atoms with Crippen LogP contribution < -0.4 is 4.74 Å². The van der Waals surface area contributed by atoms with Gasteiger partial charge in [-0.15, -0.1) is 0 Å². The Labute approximate surface area is 155 Å². The monoisotopic (exact) mass is 358 g/mol. The number of hydrogen-bond donors (Lipinski definition) is 0. The molecule has 1 saturated carbocycles. The van der Waals surface area contributed by atoms with Gasteiger partial charge in [0.15, 0.2) is 0 Å². The standard InChI is InChI=1S/C23H28F2O/c1-2-17-3-5-18(6-4-17)7-8-19-9-11-20(12-10-19)21-13-15-22(16-14-21)26-23(24)25/h9-18,23H,2-8H2,1H3/t17-,18-. The molecule has 140 valence electrons. The average molecular weight is 358 g/mol. The number of hydrogen-bond acceptors (Lipinski definition) is 1. The van der Waals surface area contributed by atoms with Crippen LogP contribution in [0.1, 0.15) is 51.0 Å². The molecule has 0 amide bonds. The Balaban J connectivity index is 1.52. The minimum absolute atomic E-state index is 0.193. The maximum Gasteiger partial charge on any atom is 0.387 e. The van der Waals surface area contributed by atoms with Gasteiger partial charge in [0, 0.05) is 0 Å². The van der Waals surface area contributed by atoms with Crippen molar-refractivity contribution in [3.8, 4) is 16.9 Å².